The van der Waals surface area contributed by atoms with Crippen molar-refractivity contribution in [3.05, 3.63) is 11.1 Å². The molecule has 1 amide bonds. The van der Waals surface area contributed by atoms with Gasteiger partial charge in [-0.25, -0.2) is 0 Å². The van der Waals surface area contributed by atoms with E-state index < -0.39 is 53.4 Å². The summed E-state index contributed by atoms with van der Waals surface area (Å²) in [6.45, 7) is 0.473. The first-order chi connectivity index (χ1) is 11.8. The summed E-state index contributed by atoms with van der Waals surface area (Å²) in [5.41, 5.74) is -0.188. The van der Waals surface area contributed by atoms with Crippen molar-refractivity contribution in [2.75, 3.05) is 13.7 Å². The SMILES string of the molecule is CNC(=O)C(C)(O)O.Oc1c(O)c2c(c(C3CC3O)c1O)C(O)(O)CO2. The maximum Gasteiger partial charge on any atom is 0.279 e. The predicted octanol–water partition coefficient (Wildman–Crippen LogP) is -2.39. The Morgan fingerprint density at radius 1 is 1.19 bits per heavy atom. The molecule has 1 fully saturated rings. The van der Waals surface area contributed by atoms with Crippen molar-refractivity contribution >= 4 is 5.91 Å². The fourth-order valence-corrected chi connectivity index (χ4v) is 2.58. The average molecular weight is 375 g/mol. The van der Waals surface area contributed by atoms with Gasteiger partial charge in [-0.05, 0) is 13.3 Å². The number of nitrogens with one attached hydrogen (secondary N) is 1. The number of aromatic hydroxyl groups is 3. The number of carbonyl (C=O) groups is 1. The van der Waals surface area contributed by atoms with Gasteiger partial charge in [0.2, 0.25) is 23.1 Å². The summed E-state index contributed by atoms with van der Waals surface area (Å²) in [6, 6.07) is 0. The molecule has 0 bridgehead atoms. The van der Waals surface area contributed by atoms with Crippen LogP contribution in [0.4, 0.5) is 0 Å². The number of rotatable bonds is 2. The molecule has 11 heteroatoms. The van der Waals surface area contributed by atoms with Crippen LogP contribution in [0.3, 0.4) is 0 Å². The molecule has 2 atom stereocenters. The van der Waals surface area contributed by atoms with Gasteiger partial charge in [-0.1, -0.05) is 0 Å². The minimum absolute atomic E-state index is 0.00954. The van der Waals surface area contributed by atoms with Crippen LogP contribution in [-0.2, 0) is 10.6 Å². The van der Waals surface area contributed by atoms with Crippen LogP contribution in [0.5, 0.6) is 23.0 Å². The third kappa shape index (κ3) is 3.48. The summed E-state index contributed by atoms with van der Waals surface area (Å²) in [7, 11) is 1.33. The van der Waals surface area contributed by atoms with E-state index in [0.29, 0.717) is 6.42 Å². The van der Waals surface area contributed by atoms with Gasteiger partial charge in [0, 0.05) is 18.5 Å². The molecule has 0 aromatic heterocycles. The highest BCUT2D eigenvalue weighted by Gasteiger charge is 2.50. The fourth-order valence-electron chi connectivity index (χ4n) is 2.58. The topological polar surface area (TPSA) is 200 Å². The van der Waals surface area contributed by atoms with Crippen LogP contribution in [-0.4, -0.2) is 72.3 Å². The van der Waals surface area contributed by atoms with Crippen molar-refractivity contribution < 1.29 is 50.4 Å². The Morgan fingerprint density at radius 3 is 2.12 bits per heavy atom. The van der Waals surface area contributed by atoms with Crippen molar-refractivity contribution in [2.24, 2.45) is 0 Å². The number of carbonyl (C=O) groups excluding carboxylic acids is 1. The van der Waals surface area contributed by atoms with E-state index in [0.717, 1.165) is 6.92 Å². The first-order valence-corrected chi connectivity index (χ1v) is 7.56. The number of phenolic OH excluding ortho intramolecular Hbond substituents is 3. The monoisotopic (exact) mass is 375 g/mol. The second-order valence-electron chi connectivity index (χ2n) is 6.28. The summed E-state index contributed by atoms with van der Waals surface area (Å²) >= 11 is 0. The molecule has 3 rings (SSSR count). The minimum atomic E-state index is -2.37. The highest BCUT2D eigenvalue weighted by Crippen LogP contribution is 2.59. The van der Waals surface area contributed by atoms with Gasteiger partial charge in [-0.15, -0.1) is 0 Å². The second kappa shape index (κ2) is 6.45. The number of aliphatic hydroxyl groups is 5. The lowest BCUT2D eigenvalue weighted by Crippen LogP contribution is -2.42. The largest absolute Gasteiger partial charge is 0.504 e. The Hall–Kier alpha value is -2.31. The molecular weight excluding hydrogens is 354 g/mol. The van der Waals surface area contributed by atoms with E-state index in [1.807, 2.05) is 0 Å². The Morgan fingerprint density at radius 2 is 1.73 bits per heavy atom. The van der Waals surface area contributed by atoms with Crippen molar-refractivity contribution in [2.45, 2.75) is 36.9 Å². The van der Waals surface area contributed by atoms with Crippen LogP contribution in [0.15, 0.2) is 0 Å². The van der Waals surface area contributed by atoms with Gasteiger partial charge in [0.15, 0.2) is 11.5 Å². The van der Waals surface area contributed by atoms with E-state index in [-0.39, 0.29) is 16.9 Å². The molecule has 2 unspecified atom stereocenters. The number of phenols is 3. The van der Waals surface area contributed by atoms with Crippen molar-refractivity contribution in [1.29, 1.82) is 0 Å². The number of hydrogen-bond acceptors (Lipinski definition) is 10. The van der Waals surface area contributed by atoms with Gasteiger partial charge in [-0.3, -0.25) is 4.79 Å². The summed E-state index contributed by atoms with van der Waals surface area (Å²) < 4.78 is 4.93. The molecule has 1 aromatic carbocycles. The molecule has 1 saturated carbocycles. The molecule has 1 aliphatic carbocycles. The van der Waals surface area contributed by atoms with Gasteiger partial charge < -0.3 is 50.9 Å². The van der Waals surface area contributed by atoms with E-state index in [2.05, 4.69) is 5.32 Å². The number of hydrogen-bond donors (Lipinski definition) is 9. The van der Waals surface area contributed by atoms with Gasteiger partial charge in [-0.2, -0.15) is 0 Å². The maximum atomic E-state index is 10.2. The Labute approximate surface area is 147 Å². The molecule has 11 nitrogen and oxygen atoms in total. The summed E-state index contributed by atoms with van der Waals surface area (Å²) in [5, 5.41) is 76.9. The summed E-state index contributed by atoms with van der Waals surface area (Å²) in [6.07, 6.45) is -0.388. The zero-order valence-electron chi connectivity index (χ0n) is 14.0. The van der Waals surface area contributed by atoms with Crippen molar-refractivity contribution in [1.82, 2.24) is 5.32 Å². The van der Waals surface area contributed by atoms with E-state index >= 15 is 0 Å². The van der Waals surface area contributed by atoms with Crippen LogP contribution in [0, 0.1) is 0 Å². The molecule has 26 heavy (non-hydrogen) atoms. The van der Waals surface area contributed by atoms with Crippen molar-refractivity contribution in [3.8, 4) is 23.0 Å². The molecule has 0 radical (unpaired) electrons. The van der Waals surface area contributed by atoms with E-state index in [1.165, 1.54) is 7.05 Å². The second-order valence-corrected chi connectivity index (χ2v) is 6.28. The van der Waals surface area contributed by atoms with Crippen LogP contribution in [0.2, 0.25) is 0 Å². The number of fused-ring (bicyclic) bond motifs is 1. The Kier molecular flexibility index (Phi) is 4.96. The highest BCUT2D eigenvalue weighted by atomic mass is 16.6. The third-order valence-electron chi connectivity index (χ3n) is 4.02. The van der Waals surface area contributed by atoms with Gasteiger partial charge >= 0.3 is 0 Å². The molecule has 1 aliphatic heterocycles. The third-order valence-corrected chi connectivity index (χ3v) is 4.02. The lowest BCUT2D eigenvalue weighted by Gasteiger charge is -2.18. The summed E-state index contributed by atoms with van der Waals surface area (Å²) in [5.74, 6) is -8.39. The van der Waals surface area contributed by atoms with Gasteiger partial charge in [0.25, 0.3) is 5.91 Å². The molecule has 1 aromatic rings. The fraction of sp³-hybridized carbons (Fsp3) is 0.533. The molecule has 146 valence electrons. The molecule has 0 saturated heterocycles. The van der Waals surface area contributed by atoms with Crippen molar-refractivity contribution in [3.63, 3.8) is 0 Å². The smallest absolute Gasteiger partial charge is 0.279 e. The molecule has 2 aliphatic rings. The zero-order chi connectivity index (χ0) is 20.0. The highest BCUT2D eigenvalue weighted by molar-refractivity contribution is 5.82. The first kappa shape index (κ1) is 20.0. The number of likely N-dealkylation sites (N-methyl/N-ethyl adjacent to an activating group) is 1. The predicted molar refractivity (Wildman–Crippen MR) is 83.3 cm³/mol. The molecule has 9 N–H and O–H groups in total. The van der Waals surface area contributed by atoms with Gasteiger partial charge in [0.1, 0.15) is 6.61 Å². The van der Waals surface area contributed by atoms with Crippen LogP contribution in [0.25, 0.3) is 0 Å². The van der Waals surface area contributed by atoms with Crippen LogP contribution < -0.4 is 10.1 Å². The lowest BCUT2D eigenvalue weighted by molar-refractivity contribution is -0.177. The maximum absolute atomic E-state index is 10.2. The van der Waals surface area contributed by atoms with Gasteiger partial charge in [0.05, 0.1) is 11.7 Å². The number of amides is 1. The van der Waals surface area contributed by atoms with E-state index in [4.69, 9.17) is 14.9 Å². The standard InChI is InChI=1S/C11H12O7.C4H9NO3/c12-4-1-3(4)5-6-10(18-2-11(6,16)17)9(15)8(14)7(5)13;1-4(7,8)3(6)5-2/h3-4,12-17H,1-2H2;7-8H,1-2H3,(H,5,6). The normalized spacial score (nSPS) is 22.6. The quantitative estimate of drug-likeness (QED) is 0.198. The number of aliphatic hydroxyl groups excluding tert-OH is 1. The number of benzene rings is 1. The minimum Gasteiger partial charge on any atom is -0.504 e. The van der Waals surface area contributed by atoms with E-state index in [1.54, 1.807) is 0 Å². The van der Waals surface area contributed by atoms with Crippen LogP contribution in [0.1, 0.15) is 30.4 Å². The van der Waals surface area contributed by atoms with Crippen LogP contribution >= 0.6 is 0 Å². The number of ether oxygens (including phenoxy) is 1. The molecule has 0 spiro atoms. The first-order valence-electron chi connectivity index (χ1n) is 7.56. The molecule has 1 heterocycles. The van der Waals surface area contributed by atoms with E-state index in [9.17, 15) is 35.4 Å². The lowest BCUT2D eigenvalue weighted by atomic mass is 9.95. The Bertz CT molecular complexity index is 724. The Balaban J connectivity index is 0.000000260. The average Bonchev–Trinajstić information content (AvgIpc) is 3.17. The molecular formula is C15H21NO10. The zero-order valence-corrected chi connectivity index (χ0v) is 14.0. The summed E-state index contributed by atoms with van der Waals surface area (Å²) in [4.78, 5) is 10.2.